The molecule has 2 aromatic rings. The second kappa shape index (κ2) is 5.09. The van der Waals surface area contributed by atoms with E-state index in [1.165, 1.54) is 11.0 Å². The highest BCUT2D eigenvalue weighted by molar-refractivity contribution is 6.17. The highest BCUT2D eigenvalue weighted by Crippen LogP contribution is 2.35. The summed E-state index contributed by atoms with van der Waals surface area (Å²) in [5.74, 6) is 0.0272. The van der Waals surface area contributed by atoms with Crippen LogP contribution in [0.3, 0.4) is 0 Å². The molecule has 0 saturated heterocycles. The van der Waals surface area contributed by atoms with Crippen molar-refractivity contribution in [2.24, 2.45) is 0 Å². The molecule has 2 heterocycles. The van der Waals surface area contributed by atoms with Crippen molar-refractivity contribution in [3.8, 4) is 11.1 Å². The van der Waals surface area contributed by atoms with Gasteiger partial charge in [0.15, 0.2) is 0 Å². The molecule has 0 spiro atoms. The topological polar surface area (TPSA) is 63.8 Å². The Hall–Kier alpha value is -2.56. The van der Waals surface area contributed by atoms with Gasteiger partial charge in [-0.1, -0.05) is 6.07 Å². The van der Waals surface area contributed by atoms with Crippen LogP contribution in [0.2, 0.25) is 0 Å². The van der Waals surface area contributed by atoms with Gasteiger partial charge in [-0.3, -0.25) is 20.7 Å². The lowest BCUT2D eigenvalue weighted by Crippen LogP contribution is -2.38. The minimum absolute atomic E-state index is 0.161. The Morgan fingerprint density at radius 3 is 2.76 bits per heavy atom. The number of aromatic nitrogens is 1. The van der Waals surface area contributed by atoms with Crippen LogP contribution in [-0.4, -0.2) is 16.7 Å². The van der Waals surface area contributed by atoms with Gasteiger partial charge in [0.1, 0.15) is 17.5 Å². The standard InChI is InChI=1S/C16H15FN4/c1-10(18)21-15(19)5-4-11-7-13(8-14(17)16(11)21)12-3-2-6-20-9-12/h2-3,6-9,18-19H,4-5H2,1H3. The summed E-state index contributed by atoms with van der Waals surface area (Å²) in [7, 11) is 0. The van der Waals surface area contributed by atoms with E-state index in [0.717, 1.165) is 16.7 Å². The molecule has 3 rings (SSSR count). The van der Waals surface area contributed by atoms with E-state index in [9.17, 15) is 4.39 Å². The average molecular weight is 282 g/mol. The van der Waals surface area contributed by atoms with Gasteiger partial charge in [-0.25, -0.2) is 4.39 Å². The van der Waals surface area contributed by atoms with Gasteiger partial charge in [-0.2, -0.15) is 0 Å². The molecule has 106 valence electrons. The number of hydrogen-bond donors (Lipinski definition) is 2. The van der Waals surface area contributed by atoms with Crippen molar-refractivity contribution in [3.05, 3.63) is 48.0 Å². The third-order valence-corrected chi connectivity index (χ3v) is 3.60. The molecule has 21 heavy (non-hydrogen) atoms. The minimum Gasteiger partial charge on any atom is -0.288 e. The summed E-state index contributed by atoms with van der Waals surface area (Å²) in [6, 6.07) is 7.08. The van der Waals surface area contributed by atoms with E-state index in [-0.39, 0.29) is 11.7 Å². The Balaban J connectivity index is 2.15. The molecule has 1 aliphatic rings. The Labute approximate surface area is 122 Å². The molecule has 0 bridgehead atoms. The Kier molecular flexibility index (Phi) is 3.25. The van der Waals surface area contributed by atoms with Crippen LogP contribution in [0.4, 0.5) is 10.1 Å². The molecule has 5 heteroatoms. The predicted molar refractivity (Wildman–Crippen MR) is 81.6 cm³/mol. The van der Waals surface area contributed by atoms with Crippen molar-refractivity contribution in [2.75, 3.05) is 4.90 Å². The van der Waals surface area contributed by atoms with Crippen LogP contribution in [0.1, 0.15) is 18.9 Å². The molecule has 2 N–H and O–H groups in total. The fraction of sp³-hybridized carbons (Fsp3) is 0.188. The van der Waals surface area contributed by atoms with Crippen molar-refractivity contribution in [1.82, 2.24) is 4.98 Å². The number of halogens is 1. The average Bonchev–Trinajstić information content (AvgIpc) is 2.48. The predicted octanol–water partition coefficient (Wildman–Crippen LogP) is 3.61. The van der Waals surface area contributed by atoms with Gasteiger partial charge in [-0.15, -0.1) is 0 Å². The first-order valence-corrected chi connectivity index (χ1v) is 6.73. The minimum atomic E-state index is -0.401. The number of anilines is 1. The summed E-state index contributed by atoms with van der Waals surface area (Å²) in [6.45, 7) is 1.57. The lowest BCUT2D eigenvalue weighted by molar-refractivity contribution is 0.626. The van der Waals surface area contributed by atoms with Crippen LogP contribution in [0.15, 0.2) is 36.7 Å². The molecular formula is C16H15FN4. The summed E-state index contributed by atoms with van der Waals surface area (Å²) in [5, 5.41) is 15.7. The molecule has 0 amide bonds. The van der Waals surface area contributed by atoms with Gasteiger partial charge in [0, 0.05) is 24.4 Å². The number of amidine groups is 2. The number of pyridine rings is 1. The molecule has 0 aliphatic carbocycles. The fourth-order valence-corrected chi connectivity index (χ4v) is 2.67. The third kappa shape index (κ3) is 2.31. The van der Waals surface area contributed by atoms with Crippen LogP contribution in [0.5, 0.6) is 0 Å². The van der Waals surface area contributed by atoms with Crippen molar-refractivity contribution in [2.45, 2.75) is 19.8 Å². The number of hydrogen-bond acceptors (Lipinski definition) is 3. The molecule has 1 aliphatic heterocycles. The van der Waals surface area contributed by atoms with Crippen LogP contribution in [0.25, 0.3) is 11.1 Å². The van der Waals surface area contributed by atoms with Crippen LogP contribution < -0.4 is 4.90 Å². The Morgan fingerprint density at radius 1 is 1.29 bits per heavy atom. The molecule has 0 atom stereocenters. The first kappa shape index (κ1) is 13.4. The largest absolute Gasteiger partial charge is 0.288 e. The number of benzene rings is 1. The number of rotatable bonds is 1. The van der Waals surface area contributed by atoms with Crippen LogP contribution >= 0.6 is 0 Å². The van der Waals surface area contributed by atoms with Crippen molar-refractivity contribution in [1.29, 1.82) is 10.8 Å². The molecule has 1 aromatic heterocycles. The molecule has 0 saturated carbocycles. The first-order chi connectivity index (χ1) is 10.1. The number of fused-ring (bicyclic) bond motifs is 1. The highest BCUT2D eigenvalue weighted by Gasteiger charge is 2.27. The lowest BCUT2D eigenvalue weighted by atomic mass is 9.95. The maximum Gasteiger partial charge on any atom is 0.148 e. The van der Waals surface area contributed by atoms with Crippen molar-refractivity contribution >= 4 is 17.4 Å². The smallest absolute Gasteiger partial charge is 0.148 e. The summed E-state index contributed by atoms with van der Waals surface area (Å²) < 4.78 is 14.5. The molecule has 1 aromatic carbocycles. The van der Waals surface area contributed by atoms with E-state index in [1.54, 1.807) is 19.3 Å². The Morgan fingerprint density at radius 2 is 2.10 bits per heavy atom. The second-order valence-corrected chi connectivity index (χ2v) is 5.08. The van der Waals surface area contributed by atoms with Crippen LogP contribution in [-0.2, 0) is 6.42 Å². The highest BCUT2D eigenvalue weighted by atomic mass is 19.1. The molecule has 4 nitrogen and oxygen atoms in total. The summed E-state index contributed by atoms with van der Waals surface area (Å²) in [5.41, 5.74) is 2.80. The van der Waals surface area contributed by atoms with Crippen LogP contribution in [0, 0.1) is 16.6 Å². The molecule has 0 unspecified atom stereocenters. The summed E-state index contributed by atoms with van der Waals surface area (Å²) >= 11 is 0. The van der Waals surface area contributed by atoms with Crippen molar-refractivity contribution < 1.29 is 4.39 Å². The number of aryl methyl sites for hydroxylation is 1. The van der Waals surface area contributed by atoms with E-state index in [4.69, 9.17) is 10.8 Å². The molecule has 0 radical (unpaired) electrons. The second-order valence-electron chi connectivity index (χ2n) is 5.08. The van der Waals surface area contributed by atoms with Gasteiger partial charge in [-0.05, 0) is 42.7 Å². The number of nitrogens with zero attached hydrogens (tertiary/aromatic N) is 2. The van der Waals surface area contributed by atoms with Crippen molar-refractivity contribution in [3.63, 3.8) is 0 Å². The quantitative estimate of drug-likeness (QED) is 0.620. The maximum atomic E-state index is 14.5. The van der Waals surface area contributed by atoms with Gasteiger partial charge >= 0.3 is 0 Å². The van der Waals surface area contributed by atoms with E-state index in [0.29, 0.717) is 18.5 Å². The summed E-state index contributed by atoms with van der Waals surface area (Å²) in [4.78, 5) is 5.43. The molecular weight excluding hydrogens is 267 g/mol. The van der Waals surface area contributed by atoms with Gasteiger partial charge in [0.05, 0.1) is 5.69 Å². The third-order valence-electron chi connectivity index (χ3n) is 3.60. The van der Waals surface area contributed by atoms with Gasteiger partial charge < -0.3 is 0 Å². The van der Waals surface area contributed by atoms with E-state index in [1.807, 2.05) is 18.2 Å². The lowest BCUT2D eigenvalue weighted by Gasteiger charge is -2.31. The zero-order valence-electron chi connectivity index (χ0n) is 11.7. The van der Waals surface area contributed by atoms with Gasteiger partial charge in [0.2, 0.25) is 0 Å². The SMILES string of the molecule is CC(=N)N1C(=N)CCc2cc(-c3cccnc3)cc(F)c21. The monoisotopic (exact) mass is 282 g/mol. The fourth-order valence-electron chi connectivity index (χ4n) is 2.67. The first-order valence-electron chi connectivity index (χ1n) is 6.73. The maximum absolute atomic E-state index is 14.5. The summed E-state index contributed by atoms with van der Waals surface area (Å²) in [6.07, 6.45) is 4.51. The normalized spacial score (nSPS) is 14.0. The van der Waals surface area contributed by atoms with E-state index >= 15 is 0 Å². The number of nitrogens with one attached hydrogen (secondary N) is 2. The van der Waals surface area contributed by atoms with Gasteiger partial charge in [0.25, 0.3) is 0 Å². The zero-order chi connectivity index (χ0) is 15.0. The Bertz CT molecular complexity index is 725. The van der Waals surface area contributed by atoms with E-state index in [2.05, 4.69) is 4.98 Å². The zero-order valence-corrected chi connectivity index (χ0v) is 11.7. The molecule has 0 fully saturated rings. The van der Waals surface area contributed by atoms with E-state index < -0.39 is 5.82 Å².